The van der Waals surface area contributed by atoms with E-state index in [2.05, 4.69) is 15.6 Å². The van der Waals surface area contributed by atoms with E-state index in [1.165, 1.54) is 36.6 Å². The molecule has 0 unspecified atom stereocenters. The Hall–Kier alpha value is -3.40. The Morgan fingerprint density at radius 1 is 1.07 bits per heavy atom. The first-order valence-corrected chi connectivity index (χ1v) is 8.20. The highest BCUT2D eigenvalue weighted by Crippen LogP contribution is 2.30. The average Bonchev–Trinajstić information content (AvgIpc) is 3.18. The van der Waals surface area contributed by atoms with Gasteiger partial charge in [-0.25, -0.2) is 4.98 Å². The predicted molar refractivity (Wildman–Crippen MR) is 98.1 cm³/mol. The Kier molecular flexibility index (Phi) is 5.59. The summed E-state index contributed by atoms with van der Waals surface area (Å²) in [6.45, 7) is 0. The molecule has 0 aliphatic carbocycles. The zero-order valence-electron chi connectivity index (χ0n) is 14.0. The summed E-state index contributed by atoms with van der Waals surface area (Å²) in [6.07, 6.45) is -3.19. The lowest BCUT2D eigenvalue weighted by molar-refractivity contribution is -0.141. The van der Waals surface area contributed by atoms with Gasteiger partial charge in [-0.05, 0) is 54.7 Å². The number of rotatable bonds is 4. The van der Waals surface area contributed by atoms with Crippen LogP contribution in [0.15, 0.2) is 65.3 Å². The maximum absolute atomic E-state index is 12.7. The van der Waals surface area contributed by atoms with Crippen molar-refractivity contribution >= 4 is 28.9 Å². The number of halogens is 3. The Morgan fingerprint density at radius 2 is 1.82 bits per heavy atom. The molecule has 3 aromatic rings. The summed E-state index contributed by atoms with van der Waals surface area (Å²) in [5.74, 6) is -0.292. The zero-order valence-corrected chi connectivity index (χ0v) is 14.8. The van der Waals surface area contributed by atoms with Crippen molar-refractivity contribution in [3.63, 3.8) is 0 Å². The summed E-state index contributed by atoms with van der Waals surface area (Å²) in [7, 11) is 0. The lowest BCUT2D eigenvalue weighted by Gasteiger charge is -2.11. The van der Waals surface area contributed by atoms with Crippen LogP contribution >= 0.6 is 12.2 Å². The van der Waals surface area contributed by atoms with Gasteiger partial charge >= 0.3 is 6.18 Å². The van der Waals surface area contributed by atoms with E-state index in [9.17, 15) is 18.0 Å². The number of pyridine rings is 1. The van der Waals surface area contributed by atoms with Crippen LogP contribution in [0.3, 0.4) is 0 Å². The fourth-order valence-electron chi connectivity index (χ4n) is 2.09. The lowest BCUT2D eigenvalue weighted by Crippen LogP contribution is -2.33. The topological polar surface area (TPSA) is 76.4 Å². The molecule has 6 nitrogen and oxygen atoms in total. The Labute approximate surface area is 162 Å². The maximum atomic E-state index is 12.7. The third kappa shape index (κ3) is 5.07. The molecule has 0 fully saturated rings. The summed E-state index contributed by atoms with van der Waals surface area (Å²) in [4.78, 5) is 15.2. The molecule has 0 aliphatic heterocycles. The molecule has 0 radical (unpaired) electrons. The zero-order chi connectivity index (χ0) is 20.1. The van der Waals surface area contributed by atoms with Crippen molar-refractivity contribution in [2.45, 2.75) is 6.18 Å². The molecule has 0 atom stereocenters. The molecule has 2 N–H and O–H groups in total. The fraction of sp³-hybridized carbons (Fsp3) is 0.0556. The van der Waals surface area contributed by atoms with E-state index in [4.69, 9.17) is 21.4 Å². The smallest absolute Gasteiger partial charge is 0.433 e. The van der Waals surface area contributed by atoms with Gasteiger partial charge in [0.1, 0.15) is 11.4 Å². The largest absolute Gasteiger partial charge is 0.459 e. The Balaban J connectivity index is 1.59. The number of alkyl halides is 3. The van der Waals surface area contributed by atoms with Crippen LogP contribution in [0, 0.1) is 0 Å². The number of carbonyl (C=O) groups excluding carboxylic acids is 1. The van der Waals surface area contributed by atoms with Crippen LogP contribution in [0.5, 0.6) is 11.6 Å². The first-order valence-electron chi connectivity index (χ1n) is 7.79. The number of hydrogen-bond acceptors (Lipinski definition) is 5. The second-order valence-corrected chi connectivity index (χ2v) is 5.78. The molecule has 2 heterocycles. The highest BCUT2D eigenvalue weighted by Gasteiger charge is 2.32. The molecular formula is C18H12F3N3O3S. The number of thiocarbonyl (C=S) groups is 1. The third-order valence-electron chi connectivity index (χ3n) is 3.32. The van der Waals surface area contributed by atoms with Crippen LogP contribution in [-0.2, 0) is 6.18 Å². The van der Waals surface area contributed by atoms with Gasteiger partial charge in [0, 0.05) is 11.8 Å². The van der Waals surface area contributed by atoms with Crippen LogP contribution in [-0.4, -0.2) is 16.0 Å². The summed E-state index contributed by atoms with van der Waals surface area (Å²) >= 11 is 5.04. The summed E-state index contributed by atoms with van der Waals surface area (Å²) in [5, 5.41) is 5.29. The first kappa shape index (κ1) is 19.4. The quantitative estimate of drug-likeness (QED) is 0.615. The molecule has 28 heavy (non-hydrogen) atoms. The first-order chi connectivity index (χ1) is 13.3. The number of hydrogen-bond donors (Lipinski definition) is 2. The number of carbonyl (C=O) groups is 1. The van der Waals surface area contributed by atoms with E-state index in [0.29, 0.717) is 5.69 Å². The van der Waals surface area contributed by atoms with Gasteiger partial charge in [-0.1, -0.05) is 6.07 Å². The van der Waals surface area contributed by atoms with Gasteiger partial charge in [0.05, 0.1) is 6.26 Å². The predicted octanol–water partition coefficient (Wildman–Crippen LogP) is 4.61. The molecule has 1 amide bonds. The van der Waals surface area contributed by atoms with Crippen molar-refractivity contribution in [1.82, 2.24) is 10.3 Å². The number of aromatic nitrogens is 1. The molecule has 0 saturated heterocycles. The minimum absolute atomic E-state index is 0.0506. The molecule has 0 aliphatic rings. The van der Waals surface area contributed by atoms with Crippen molar-refractivity contribution in [3.8, 4) is 11.6 Å². The van der Waals surface area contributed by atoms with E-state index in [-0.39, 0.29) is 22.5 Å². The van der Waals surface area contributed by atoms with Gasteiger partial charge in [0.2, 0.25) is 5.88 Å². The lowest BCUT2D eigenvalue weighted by atomic mass is 10.3. The van der Waals surface area contributed by atoms with Gasteiger partial charge < -0.3 is 14.5 Å². The van der Waals surface area contributed by atoms with E-state index < -0.39 is 17.8 Å². The number of nitrogens with zero attached hydrogens (tertiary/aromatic N) is 1. The number of anilines is 1. The second-order valence-electron chi connectivity index (χ2n) is 5.37. The van der Waals surface area contributed by atoms with E-state index in [1.54, 1.807) is 18.2 Å². The molecular weight excluding hydrogens is 395 g/mol. The molecule has 0 bridgehead atoms. The standard InChI is InChI=1S/C18H12F3N3O3S/c19-18(20,21)14-4-1-5-15(23-14)27-12-8-6-11(7-9-12)22-17(28)24-16(25)13-3-2-10-26-13/h1-10H,(H2,22,24,25,28). The number of benzene rings is 1. The monoisotopic (exact) mass is 407 g/mol. The Bertz CT molecular complexity index is 974. The van der Waals surface area contributed by atoms with Crippen molar-refractivity contribution in [3.05, 3.63) is 72.3 Å². The highest BCUT2D eigenvalue weighted by molar-refractivity contribution is 7.80. The van der Waals surface area contributed by atoms with E-state index in [0.717, 1.165) is 6.07 Å². The van der Waals surface area contributed by atoms with Gasteiger partial charge in [-0.3, -0.25) is 10.1 Å². The van der Waals surface area contributed by atoms with E-state index in [1.807, 2.05) is 0 Å². The van der Waals surface area contributed by atoms with Crippen molar-refractivity contribution in [1.29, 1.82) is 0 Å². The minimum Gasteiger partial charge on any atom is -0.459 e. The highest BCUT2D eigenvalue weighted by atomic mass is 32.1. The van der Waals surface area contributed by atoms with Crippen molar-refractivity contribution < 1.29 is 27.1 Å². The summed E-state index contributed by atoms with van der Waals surface area (Å²) < 4.78 is 48.4. The molecule has 0 saturated carbocycles. The van der Waals surface area contributed by atoms with E-state index >= 15 is 0 Å². The third-order valence-corrected chi connectivity index (χ3v) is 3.52. The number of nitrogens with one attached hydrogen (secondary N) is 2. The normalized spacial score (nSPS) is 11.0. The Morgan fingerprint density at radius 3 is 2.46 bits per heavy atom. The van der Waals surface area contributed by atoms with Gasteiger partial charge in [0.15, 0.2) is 10.9 Å². The van der Waals surface area contributed by atoms with Crippen LogP contribution in [0.2, 0.25) is 0 Å². The second kappa shape index (κ2) is 8.09. The molecule has 2 aromatic heterocycles. The SMILES string of the molecule is O=C(NC(=S)Nc1ccc(Oc2cccc(C(F)(F)F)n2)cc1)c1ccco1. The van der Waals surface area contributed by atoms with Gasteiger partial charge in [-0.15, -0.1) is 0 Å². The van der Waals surface area contributed by atoms with Gasteiger partial charge in [0.25, 0.3) is 5.91 Å². The van der Waals surface area contributed by atoms with Crippen LogP contribution < -0.4 is 15.4 Å². The fourth-order valence-corrected chi connectivity index (χ4v) is 2.30. The van der Waals surface area contributed by atoms with Gasteiger partial charge in [-0.2, -0.15) is 13.2 Å². The van der Waals surface area contributed by atoms with Crippen LogP contribution in [0.1, 0.15) is 16.2 Å². The number of furan rings is 1. The maximum Gasteiger partial charge on any atom is 0.433 e. The minimum atomic E-state index is -4.55. The number of amides is 1. The van der Waals surface area contributed by atoms with Crippen LogP contribution in [0.25, 0.3) is 0 Å². The number of ether oxygens (including phenoxy) is 1. The summed E-state index contributed by atoms with van der Waals surface area (Å²) in [6, 6.07) is 12.6. The van der Waals surface area contributed by atoms with Crippen LogP contribution in [0.4, 0.5) is 18.9 Å². The molecule has 0 spiro atoms. The molecule has 10 heteroatoms. The summed E-state index contributed by atoms with van der Waals surface area (Å²) in [5.41, 5.74) is -0.505. The average molecular weight is 407 g/mol. The molecule has 3 rings (SSSR count). The van der Waals surface area contributed by atoms with Crippen molar-refractivity contribution in [2.75, 3.05) is 5.32 Å². The molecule has 144 valence electrons. The van der Waals surface area contributed by atoms with Crippen molar-refractivity contribution in [2.24, 2.45) is 0 Å². The molecule has 1 aromatic carbocycles.